The highest BCUT2D eigenvalue weighted by atomic mass is 16.7. The topological polar surface area (TPSA) is 135 Å². The molecule has 1 aliphatic rings. The lowest BCUT2D eigenvalue weighted by Gasteiger charge is -2.39. The van der Waals surface area contributed by atoms with Gasteiger partial charge >= 0.3 is 5.97 Å². The van der Waals surface area contributed by atoms with Crippen LogP contribution in [0.2, 0.25) is 0 Å². The lowest BCUT2D eigenvalue weighted by Crippen LogP contribution is -2.59. The molecule has 378 valence electrons. The molecule has 1 heterocycles. The van der Waals surface area contributed by atoms with Crippen molar-refractivity contribution in [1.29, 1.82) is 0 Å². The molecule has 0 spiro atoms. The van der Waals surface area contributed by atoms with E-state index in [4.69, 9.17) is 18.9 Å². The number of ether oxygens (including phenoxy) is 4. The highest BCUT2D eigenvalue weighted by molar-refractivity contribution is 5.69. The van der Waals surface area contributed by atoms with E-state index in [9.17, 15) is 25.2 Å². The Morgan fingerprint density at radius 3 is 1.39 bits per heavy atom. The first-order valence-corrected chi connectivity index (χ1v) is 26.3. The Labute approximate surface area is 402 Å². The maximum Gasteiger partial charge on any atom is 0.306 e. The number of allylic oxidation sites excluding steroid dienone is 16. The number of unbranched alkanes of at least 4 members (excludes halogenated alkanes) is 17. The Balaban J connectivity index is 2.23. The standard InChI is InChI=1S/C57H96O9/c1-3-5-7-9-11-13-15-17-19-21-23-24-25-26-27-28-29-30-32-34-36-38-40-42-44-46-53(59)65-51(50-64-57-56(62)55(61)54(60)52(48-58)66-57)49-63-47-45-43-41-39-37-35-33-31-22-20-18-16-14-12-10-8-6-4-2/h6,8,12,14-15,17-18,20-21,23,25-26,31,33,37,39,51-52,54-58,60-62H,3-5,7,9-11,13,16,19,22,24,27-30,32,34-36,38,40-50H2,1-2H3/b8-6-,14-12-,17-15-,20-18-,23-21-,26-25-,33-31-,39-37-. The summed E-state index contributed by atoms with van der Waals surface area (Å²) in [6.45, 7) is 4.31. The van der Waals surface area contributed by atoms with E-state index in [1.54, 1.807) is 0 Å². The molecular weight excluding hydrogens is 829 g/mol. The molecule has 1 rings (SSSR count). The number of carbonyl (C=O) groups excluding carboxylic acids is 1. The SMILES string of the molecule is CC/C=C\C/C=C\C/C=C\C/C=C\C/C=C\CCCCOCC(COC1OC(CO)C(O)C(O)C1O)OC(=O)CCCCCCCCCCCC/C=C\C/C=C\C/C=C\CCCCCCC. The van der Waals surface area contributed by atoms with Crippen molar-refractivity contribution in [1.82, 2.24) is 0 Å². The van der Waals surface area contributed by atoms with Gasteiger partial charge in [0.15, 0.2) is 6.29 Å². The van der Waals surface area contributed by atoms with Crippen LogP contribution in [0.3, 0.4) is 0 Å². The van der Waals surface area contributed by atoms with E-state index in [2.05, 4.69) is 111 Å². The van der Waals surface area contributed by atoms with Gasteiger partial charge in [0.05, 0.1) is 19.8 Å². The van der Waals surface area contributed by atoms with Crippen LogP contribution in [0, 0.1) is 0 Å². The predicted octanol–water partition coefficient (Wildman–Crippen LogP) is 13.1. The van der Waals surface area contributed by atoms with Gasteiger partial charge < -0.3 is 39.4 Å². The Hall–Kier alpha value is -2.89. The average molecular weight is 925 g/mol. The smallest absolute Gasteiger partial charge is 0.306 e. The van der Waals surface area contributed by atoms with E-state index in [0.29, 0.717) is 13.0 Å². The number of hydrogen-bond donors (Lipinski definition) is 4. The van der Waals surface area contributed by atoms with Gasteiger partial charge in [0.1, 0.15) is 30.5 Å². The number of rotatable bonds is 44. The van der Waals surface area contributed by atoms with Gasteiger partial charge in [-0.3, -0.25) is 4.79 Å². The third kappa shape index (κ3) is 37.1. The summed E-state index contributed by atoms with van der Waals surface area (Å²) in [5, 5.41) is 40.3. The van der Waals surface area contributed by atoms with Crippen LogP contribution in [-0.4, -0.2) is 89.6 Å². The van der Waals surface area contributed by atoms with Crippen LogP contribution in [0.1, 0.15) is 194 Å². The van der Waals surface area contributed by atoms with E-state index in [-0.39, 0.29) is 19.2 Å². The van der Waals surface area contributed by atoms with Crippen molar-refractivity contribution in [2.75, 3.05) is 26.4 Å². The molecule has 6 unspecified atom stereocenters. The molecule has 0 aromatic rings. The summed E-state index contributed by atoms with van der Waals surface area (Å²) in [7, 11) is 0. The zero-order chi connectivity index (χ0) is 47.8. The summed E-state index contributed by atoms with van der Waals surface area (Å²) in [6, 6.07) is 0. The first kappa shape index (κ1) is 61.1. The number of hydrogen-bond acceptors (Lipinski definition) is 9. The van der Waals surface area contributed by atoms with E-state index in [1.165, 1.54) is 89.9 Å². The summed E-state index contributed by atoms with van der Waals surface area (Å²) in [5.74, 6) is -0.336. The van der Waals surface area contributed by atoms with Gasteiger partial charge in [-0.2, -0.15) is 0 Å². The lowest BCUT2D eigenvalue weighted by atomic mass is 9.99. The zero-order valence-corrected chi connectivity index (χ0v) is 41.7. The second-order valence-corrected chi connectivity index (χ2v) is 17.6. The van der Waals surface area contributed by atoms with Crippen LogP contribution in [0.15, 0.2) is 97.2 Å². The third-order valence-electron chi connectivity index (χ3n) is 11.5. The molecule has 0 aromatic heterocycles. The Morgan fingerprint density at radius 1 is 0.500 bits per heavy atom. The van der Waals surface area contributed by atoms with Gasteiger partial charge in [-0.25, -0.2) is 0 Å². The molecule has 1 aliphatic heterocycles. The van der Waals surface area contributed by atoms with Gasteiger partial charge in [-0.05, 0) is 96.3 Å². The fourth-order valence-electron chi connectivity index (χ4n) is 7.41. The summed E-state index contributed by atoms with van der Waals surface area (Å²) in [6.07, 6.45) is 58.7. The van der Waals surface area contributed by atoms with Gasteiger partial charge in [0.25, 0.3) is 0 Å². The summed E-state index contributed by atoms with van der Waals surface area (Å²) in [4.78, 5) is 12.9. The van der Waals surface area contributed by atoms with Crippen molar-refractivity contribution < 1.29 is 44.2 Å². The minimum Gasteiger partial charge on any atom is -0.457 e. The quantitative estimate of drug-likeness (QED) is 0.0268. The van der Waals surface area contributed by atoms with E-state index in [1.807, 2.05) is 0 Å². The van der Waals surface area contributed by atoms with E-state index in [0.717, 1.165) is 83.5 Å². The maximum absolute atomic E-state index is 12.9. The summed E-state index contributed by atoms with van der Waals surface area (Å²) >= 11 is 0. The van der Waals surface area contributed by atoms with Gasteiger partial charge in [-0.1, -0.05) is 188 Å². The number of aliphatic hydroxyl groups is 4. The van der Waals surface area contributed by atoms with Gasteiger partial charge in [0.2, 0.25) is 0 Å². The van der Waals surface area contributed by atoms with Crippen LogP contribution in [0.25, 0.3) is 0 Å². The average Bonchev–Trinajstić information content (AvgIpc) is 3.32. The fraction of sp³-hybridized carbons (Fsp3) is 0.702. The molecule has 0 radical (unpaired) electrons. The summed E-state index contributed by atoms with van der Waals surface area (Å²) in [5.41, 5.74) is 0. The minimum absolute atomic E-state index is 0.108. The molecule has 9 heteroatoms. The number of carbonyl (C=O) groups is 1. The van der Waals surface area contributed by atoms with Gasteiger partial charge in [-0.15, -0.1) is 0 Å². The molecular formula is C57H96O9. The van der Waals surface area contributed by atoms with Crippen molar-refractivity contribution in [3.8, 4) is 0 Å². The second kappa shape index (κ2) is 47.2. The van der Waals surface area contributed by atoms with Crippen molar-refractivity contribution >= 4 is 5.97 Å². The van der Waals surface area contributed by atoms with E-state index < -0.39 is 43.4 Å². The molecule has 0 saturated carbocycles. The Kier molecular flexibility index (Phi) is 43.7. The molecule has 0 amide bonds. The predicted molar refractivity (Wildman–Crippen MR) is 274 cm³/mol. The van der Waals surface area contributed by atoms with Crippen LogP contribution in [-0.2, 0) is 23.7 Å². The normalized spacial score (nSPS) is 20.1. The van der Waals surface area contributed by atoms with Crippen molar-refractivity contribution in [3.05, 3.63) is 97.2 Å². The second-order valence-electron chi connectivity index (χ2n) is 17.6. The molecule has 0 aliphatic carbocycles. The zero-order valence-electron chi connectivity index (χ0n) is 41.7. The van der Waals surface area contributed by atoms with Crippen molar-refractivity contribution in [2.45, 2.75) is 230 Å². The van der Waals surface area contributed by atoms with Gasteiger partial charge in [0, 0.05) is 13.0 Å². The molecule has 6 atom stereocenters. The lowest BCUT2D eigenvalue weighted by molar-refractivity contribution is -0.305. The Bertz CT molecular complexity index is 1330. The third-order valence-corrected chi connectivity index (χ3v) is 11.5. The molecule has 0 aromatic carbocycles. The minimum atomic E-state index is -1.55. The monoisotopic (exact) mass is 925 g/mol. The first-order valence-electron chi connectivity index (χ1n) is 26.3. The molecule has 9 nitrogen and oxygen atoms in total. The summed E-state index contributed by atoms with van der Waals surface area (Å²) < 4.78 is 22.8. The van der Waals surface area contributed by atoms with Crippen LogP contribution in [0.4, 0.5) is 0 Å². The maximum atomic E-state index is 12.9. The first-order chi connectivity index (χ1) is 32.4. The van der Waals surface area contributed by atoms with Crippen LogP contribution in [0.5, 0.6) is 0 Å². The molecule has 0 bridgehead atoms. The Morgan fingerprint density at radius 2 is 0.924 bits per heavy atom. The molecule has 4 N–H and O–H groups in total. The van der Waals surface area contributed by atoms with Crippen molar-refractivity contribution in [3.63, 3.8) is 0 Å². The fourth-order valence-corrected chi connectivity index (χ4v) is 7.41. The highest BCUT2D eigenvalue weighted by Crippen LogP contribution is 2.22. The molecule has 66 heavy (non-hydrogen) atoms. The van der Waals surface area contributed by atoms with Crippen LogP contribution >= 0.6 is 0 Å². The van der Waals surface area contributed by atoms with Crippen LogP contribution < -0.4 is 0 Å². The molecule has 1 saturated heterocycles. The number of aliphatic hydroxyl groups excluding tert-OH is 4. The molecule has 1 fully saturated rings. The van der Waals surface area contributed by atoms with Crippen molar-refractivity contribution in [2.24, 2.45) is 0 Å². The highest BCUT2D eigenvalue weighted by Gasteiger charge is 2.44. The largest absolute Gasteiger partial charge is 0.457 e. The number of esters is 1. The van der Waals surface area contributed by atoms with E-state index >= 15 is 0 Å².